The van der Waals surface area contributed by atoms with Gasteiger partial charge >= 0.3 is 0 Å². The van der Waals surface area contributed by atoms with Crippen LogP contribution in [0, 0.1) is 20.8 Å². The first-order valence-electron chi connectivity index (χ1n) is 12.3. The molecule has 0 bridgehead atoms. The van der Waals surface area contributed by atoms with Crippen molar-refractivity contribution in [1.82, 2.24) is 15.2 Å². The Hall–Kier alpha value is -3.43. The topological polar surface area (TPSA) is 124 Å². The number of H-pyrrole nitrogens is 1. The predicted molar refractivity (Wildman–Crippen MR) is 140 cm³/mol. The first kappa shape index (κ1) is 27.2. The van der Waals surface area contributed by atoms with Gasteiger partial charge in [-0.2, -0.15) is 0 Å². The standard InChI is InChI=1S/C24H28N4O5.C3H8/c1-13-4-5-18-16(10-13)17(22(30)27-18)11-19-14(2)21(15(3)26-19)23(31)25-12-20(29)24(32)28-6-8-33-9-7-28;1-3-2/h4-5,10-11,20,26,29H,6-9,12H2,1-3H3,(H,25,31)(H,27,30);3H2,1-2H3/b17-11-;. The predicted octanol–water partition coefficient (Wildman–Crippen LogP) is 2.80. The summed E-state index contributed by atoms with van der Waals surface area (Å²) in [5, 5.41) is 15.7. The van der Waals surface area contributed by atoms with E-state index < -0.39 is 17.9 Å². The molecule has 36 heavy (non-hydrogen) atoms. The van der Waals surface area contributed by atoms with Crippen LogP contribution in [0.25, 0.3) is 11.6 Å². The maximum atomic E-state index is 12.9. The zero-order valence-electron chi connectivity index (χ0n) is 21.7. The summed E-state index contributed by atoms with van der Waals surface area (Å²) in [6.07, 6.45) is 1.67. The number of aromatic amines is 1. The summed E-state index contributed by atoms with van der Waals surface area (Å²) in [7, 11) is 0. The number of aryl methyl sites for hydroxylation is 2. The number of nitrogens with one attached hydrogen (secondary N) is 3. The Morgan fingerprint density at radius 2 is 1.86 bits per heavy atom. The van der Waals surface area contributed by atoms with Crippen LogP contribution < -0.4 is 10.6 Å². The molecule has 0 saturated carbocycles. The van der Waals surface area contributed by atoms with E-state index in [0.717, 1.165) is 16.8 Å². The second kappa shape index (κ2) is 12.0. The number of hydrogen-bond acceptors (Lipinski definition) is 5. The molecule has 1 aromatic heterocycles. The summed E-state index contributed by atoms with van der Waals surface area (Å²) < 4.78 is 5.22. The van der Waals surface area contributed by atoms with Crippen molar-refractivity contribution in [2.75, 3.05) is 38.2 Å². The fourth-order valence-electron chi connectivity index (χ4n) is 4.21. The first-order valence-corrected chi connectivity index (χ1v) is 12.3. The van der Waals surface area contributed by atoms with Crippen LogP contribution in [-0.4, -0.2) is 71.7 Å². The second-order valence-corrected chi connectivity index (χ2v) is 9.10. The zero-order valence-corrected chi connectivity index (χ0v) is 21.7. The number of carbonyl (C=O) groups is 3. The highest BCUT2D eigenvalue weighted by Gasteiger charge is 2.27. The van der Waals surface area contributed by atoms with E-state index in [4.69, 9.17) is 4.74 Å². The molecule has 3 amide bonds. The lowest BCUT2D eigenvalue weighted by Gasteiger charge is -2.28. The van der Waals surface area contributed by atoms with Crippen LogP contribution in [0.1, 0.15) is 58.7 Å². The number of aromatic nitrogens is 1. The molecule has 0 aliphatic carbocycles. The number of hydrogen-bond donors (Lipinski definition) is 4. The van der Waals surface area contributed by atoms with Crippen LogP contribution in [0.3, 0.4) is 0 Å². The summed E-state index contributed by atoms with van der Waals surface area (Å²) in [5.41, 5.74) is 5.54. The van der Waals surface area contributed by atoms with Crippen molar-refractivity contribution in [1.29, 1.82) is 0 Å². The molecule has 1 saturated heterocycles. The van der Waals surface area contributed by atoms with Gasteiger partial charge in [0.2, 0.25) is 0 Å². The molecule has 4 N–H and O–H groups in total. The maximum absolute atomic E-state index is 12.9. The quantitative estimate of drug-likeness (QED) is 0.474. The molecule has 2 aliphatic rings. The van der Waals surface area contributed by atoms with Gasteiger partial charge in [-0.25, -0.2) is 0 Å². The summed E-state index contributed by atoms with van der Waals surface area (Å²) in [6, 6.07) is 5.76. The zero-order chi connectivity index (χ0) is 26.4. The van der Waals surface area contributed by atoms with Crippen molar-refractivity contribution in [3.05, 3.63) is 51.8 Å². The fourth-order valence-corrected chi connectivity index (χ4v) is 4.21. The number of ether oxygens (including phenoxy) is 1. The highest BCUT2D eigenvalue weighted by atomic mass is 16.5. The molecule has 9 heteroatoms. The minimum absolute atomic E-state index is 0.190. The maximum Gasteiger partial charge on any atom is 0.256 e. The van der Waals surface area contributed by atoms with Gasteiger partial charge in [-0.05, 0) is 44.5 Å². The monoisotopic (exact) mass is 496 g/mol. The Kier molecular flexibility index (Phi) is 9.06. The largest absolute Gasteiger partial charge is 0.381 e. The highest BCUT2D eigenvalue weighted by molar-refractivity contribution is 6.35. The molecule has 1 atom stereocenters. The number of rotatable bonds is 5. The van der Waals surface area contributed by atoms with Gasteiger partial charge in [-0.15, -0.1) is 0 Å². The minimum atomic E-state index is -1.32. The molecule has 0 radical (unpaired) electrons. The number of aliphatic hydroxyl groups excluding tert-OH is 1. The Morgan fingerprint density at radius 1 is 1.19 bits per heavy atom. The third kappa shape index (κ3) is 6.03. The molecular weight excluding hydrogens is 460 g/mol. The van der Waals surface area contributed by atoms with Gasteiger partial charge in [-0.3, -0.25) is 14.4 Å². The van der Waals surface area contributed by atoms with Crippen molar-refractivity contribution in [2.24, 2.45) is 0 Å². The Morgan fingerprint density at radius 3 is 2.53 bits per heavy atom. The molecule has 2 aliphatic heterocycles. The van der Waals surface area contributed by atoms with Crippen LogP contribution >= 0.6 is 0 Å². The summed E-state index contributed by atoms with van der Waals surface area (Å²) >= 11 is 0. The summed E-state index contributed by atoms with van der Waals surface area (Å²) in [5.74, 6) is -1.02. The molecule has 9 nitrogen and oxygen atoms in total. The van der Waals surface area contributed by atoms with Gasteiger partial charge in [0.25, 0.3) is 17.7 Å². The smallest absolute Gasteiger partial charge is 0.256 e. The second-order valence-electron chi connectivity index (χ2n) is 9.10. The van der Waals surface area contributed by atoms with E-state index >= 15 is 0 Å². The Bertz CT molecular complexity index is 1160. The van der Waals surface area contributed by atoms with E-state index in [9.17, 15) is 19.5 Å². The van der Waals surface area contributed by atoms with Crippen molar-refractivity contribution in [3.8, 4) is 0 Å². The summed E-state index contributed by atoms with van der Waals surface area (Å²) in [6.45, 7) is 11.3. The average Bonchev–Trinajstić information content (AvgIpc) is 3.32. The van der Waals surface area contributed by atoms with Crippen molar-refractivity contribution >= 4 is 35.1 Å². The molecular formula is C27H36N4O5. The third-order valence-electron chi connectivity index (χ3n) is 6.01. The van der Waals surface area contributed by atoms with Crippen molar-refractivity contribution in [3.63, 3.8) is 0 Å². The lowest BCUT2D eigenvalue weighted by Crippen LogP contribution is -2.49. The van der Waals surface area contributed by atoms with E-state index in [-0.39, 0.29) is 12.5 Å². The normalized spacial score (nSPS) is 16.7. The number of amides is 3. The Labute approximate surface area is 211 Å². The number of benzene rings is 1. The van der Waals surface area contributed by atoms with Crippen LogP contribution in [0.5, 0.6) is 0 Å². The molecule has 3 heterocycles. The van der Waals surface area contributed by atoms with Gasteiger partial charge in [0.05, 0.1) is 30.9 Å². The van der Waals surface area contributed by atoms with Crippen molar-refractivity contribution < 1.29 is 24.2 Å². The van der Waals surface area contributed by atoms with Crippen molar-refractivity contribution in [2.45, 2.75) is 47.1 Å². The molecule has 1 fully saturated rings. The van der Waals surface area contributed by atoms with Crippen LogP contribution in [0.15, 0.2) is 18.2 Å². The third-order valence-corrected chi connectivity index (χ3v) is 6.01. The lowest BCUT2D eigenvalue weighted by molar-refractivity contribution is -0.143. The fraction of sp³-hybridized carbons (Fsp3) is 0.444. The molecule has 1 aromatic carbocycles. The van der Waals surface area contributed by atoms with Crippen LogP contribution in [-0.2, 0) is 14.3 Å². The first-order chi connectivity index (χ1) is 17.2. The summed E-state index contributed by atoms with van der Waals surface area (Å²) in [4.78, 5) is 42.4. The number of nitrogens with zero attached hydrogens (tertiary/aromatic N) is 1. The van der Waals surface area contributed by atoms with E-state index in [2.05, 4.69) is 29.5 Å². The number of aliphatic hydroxyl groups is 1. The van der Waals surface area contributed by atoms with Gasteiger partial charge in [0.1, 0.15) is 6.10 Å². The SMILES string of the molecule is CCC.Cc1ccc2c(c1)/C(=C/c1[nH]c(C)c(C(=O)NCC(O)C(=O)N3CCOCC3)c1C)C(=O)N2. The highest BCUT2D eigenvalue weighted by Crippen LogP contribution is 2.34. The van der Waals surface area contributed by atoms with E-state index in [1.54, 1.807) is 19.9 Å². The molecule has 4 rings (SSSR count). The minimum Gasteiger partial charge on any atom is -0.381 e. The molecule has 0 spiro atoms. The average molecular weight is 497 g/mol. The van der Waals surface area contributed by atoms with Gasteiger partial charge in [0.15, 0.2) is 0 Å². The van der Waals surface area contributed by atoms with Gasteiger partial charge in [-0.1, -0.05) is 31.9 Å². The van der Waals surface area contributed by atoms with Gasteiger partial charge in [0, 0.05) is 35.7 Å². The van der Waals surface area contributed by atoms with Gasteiger partial charge < -0.3 is 30.4 Å². The number of morpholine rings is 1. The molecule has 194 valence electrons. The number of fused-ring (bicyclic) bond motifs is 1. The van der Waals surface area contributed by atoms with Crippen LogP contribution in [0.2, 0.25) is 0 Å². The molecule has 2 aromatic rings. The number of anilines is 1. The van der Waals surface area contributed by atoms with Crippen LogP contribution in [0.4, 0.5) is 5.69 Å². The Balaban J connectivity index is 0.00000115. The molecule has 1 unspecified atom stereocenters. The van der Waals surface area contributed by atoms with E-state index in [1.807, 2.05) is 25.1 Å². The lowest BCUT2D eigenvalue weighted by atomic mass is 10.0. The van der Waals surface area contributed by atoms with E-state index in [1.165, 1.54) is 11.3 Å². The number of carbonyl (C=O) groups excluding carboxylic acids is 3. The van der Waals surface area contributed by atoms with E-state index in [0.29, 0.717) is 54.4 Å².